The Bertz CT molecular complexity index is 409. The number of allylic oxidation sites excluding steroid dienone is 4. The highest BCUT2D eigenvalue weighted by atomic mass is 15.1. The second kappa shape index (κ2) is 30.5. The SMILES string of the molecule is C.CCCCC/C=C\C/C=C\CCCCCCCCCC(CCCCCCCCC)CN(C)C. The molecule has 34 heavy (non-hydrogen) atoms. The van der Waals surface area contributed by atoms with Crippen LogP contribution in [0.15, 0.2) is 24.3 Å². The van der Waals surface area contributed by atoms with E-state index in [0.717, 1.165) is 12.3 Å². The van der Waals surface area contributed by atoms with Gasteiger partial charge in [0.05, 0.1) is 0 Å². The number of rotatable bonds is 26. The quantitative estimate of drug-likeness (QED) is 0.0884. The largest absolute Gasteiger partial charge is 0.309 e. The predicted molar refractivity (Wildman–Crippen MR) is 160 cm³/mol. The van der Waals surface area contributed by atoms with Gasteiger partial charge in [-0.1, -0.05) is 142 Å². The van der Waals surface area contributed by atoms with Gasteiger partial charge in [0.1, 0.15) is 0 Å². The van der Waals surface area contributed by atoms with Gasteiger partial charge in [-0.3, -0.25) is 0 Å². The lowest BCUT2D eigenvalue weighted by atomic mass is 9.93. The first-order chi connectivity index (χ1) is 16.2. The Hall–Kier alpha value is -0.560. The van der Waals surface area contributed by atoms with Gasteiger partial charge in [-0.2, -0.15) is 0 Å². The second-order valence-corrected chi connectivity index (χ2v) is 10.8. The molecule has 0 saturated carbocycles. The molecule has 0 radical (unpaired) electrons. The van der Waals surface area contributed by atoms with Crippen LogP contribution in [0.1, 0.15) is 163 Å². The van der Waals surface area contributed by atoms with E-state index in [1.165, 1.54) is 141 Å². The molecule has 1 nitrogen and oxygen atoms in total. The molecule has 0 saturated heterocycles. The van der Waals surface area contributed by atoms with Crippen LogP contribution in [0.25, 0.3) is 0 Å². The van der Waals surface area contributed by atoms with Crippen LogP contribution in [0.4, 0.5) is 0 Å². The van der Waals surface area contributed by atoms with Crippen molar-refractivity contribution in [2.45, 2.75) is 163 Å². The fourth-order valence-corrected chi connectivity index (χ4v) is 4.83. The Kier molecular flexibility index (Phi) is 31.9. The van der Waals surface area contributed by atoms with Crippen LogP contribution in [0.2, 0.25) is 0 Å². The number of unbranched alkanes of at least 4 members (excludes halogenated alkanes) is 16. The smallest absolute Gasteiger partial charge is 0.000356 e. The van der Waals surface area contributed by atoms with Gasteiger partial charge in [-0.25, -0.2) is 0 Å². The van der Waals surface area contributed by atoms with E-state index in [9.17, 15) is 0 Å². The van der Waals surface area contributed by atoms with Gasteiger partial charge in [-0.05, 0) is 65.0 Å². The fourth-order valence-electron chi connectivity index (χ4n) is 4.83. The average Bonchev–Trinajstić information content (AvgIpc) is 2.80. The van der Waals surface area contributed by atoms with Crippen LogP contribution in [-0.2, 0) is 0 Å². The zero-order valence-electron chi connectivity index (χ0n) is 23.6. The van der Waals surface area contributed by atoms with E-state index in [1.54, 1.807) is 0 Å². The average molecular weight is 478 g/mol. The Morgan fingerprint density at radius 2 is 0.882 bits per heavy atom. The van der Waals surface area contributed by atoms with E-state index in [4.69, 9.17) is 0 Å². The highest BCUT2D eigenvalue weighted by molar-refractivity contribution is 4.92. The molecular weight excluding hydrogens is 410 g/mol. The number of hydrogen-bond acceptors (Lipinski definition) is 1. The van der Waals surface area contributed by atoms with Crippen LogP contribution in [0, 0.1) is 5.92 Å². The van der Waals surface area contributed by atoms with Crippen molar-refractivity contribution in [1.82, 2.24) is 4.90 Å². The van der Waals surface area contributed by atoms with Crippen molar-refractivity contribution >= 4 is 0 Å². The van der Waals surface area contributed by atoms with E-state index in [0.29, 0.717) is 0 Å². The summed E-state index contributed by atoms with van der Waals surface area (Å²) in [6, 6.07) is 0. The molecule has 0 rings (SSSR count). The molecule has 1 heteroatoms. The van der Waals surface area contributed by atoms with Crippen molar-refractivity contribution in [2.24, 2.45) is 5.92 Å². The molecule has 0 amide bonds. The summed E-state index contributed by atoms with van der Waals surface area (Å²) in [5.74, 6) is 0.925. The zero-order chi connectivity index (χ0) is 24.2. The molecule has 204 valence electrons. The van der Waals surface area contributed by atoms with E-state index in [-0.39, 0.29) is 7.43 Å². The van der Waals surface area contributed by atoms with Crippen molar-refractivity contribution in [1.29, 1.82) is 0 Å². The number of hydrogen-bond donors (Lipinski definition) is 0. The molecular formula is C33H67N. The summed E-state index contributed by atoms with van der Waals surface area (Å²) in [6.07, 6.45) is 40.1. The van der Waals surface area contributed by atoms with Crippen LogP contribution in [-0.4, -0.2) is 25.5 Å². The third-order valence-electron chi connectivity index (χ3n) is 6.90. The lowest BCUT2D eigenvalue weighted by molar-refractivity contribution is 0.286. The molecule has 0 aromatic rings. The molecule has 0 aliphatic rings. The Labute approximate surface area is 218 Å². The van der Waals surface area contributed by atoms with Gasteiger partial charge < -0.3 is 4.90 Å². The van der Waals surface area contributed by atoms with Gasteiger partial charge >= 0.3 is 0 Å². The highest BCUT2D eigenvalue weighted by Crippen LogP contribution is 2.20. The topological polar surface area (TPSA) is 3.24 Å². The minimum atomic E-state index is 0. The standard InChI is InChI=1S/C32H63N.CH4/c1-5-7-9-11-13-14-15-16-17-18-19-20-21-22-24-26-28-30-32(31-33(3)4)29-27-25-23-12-10-8-6-2;/h13-14,16-17,32H,5-12,15,18-31H2,1-4H3;1H4/b14-13-,17-16-;. The molecule has 0 heterocycles. The predicted octanol–water partition coefficient (Wildman–Crippen LogP) is 11.5. The molecule has 0 aromatic heterocycles. The summed E-state index contributed by atoms with van der Waals surface area (Å²) in [5.41, 5.74) is 0. The van der Waals surface area contributed by atoms with Crippen LogP contribution in [0.5, 0.6) is 0 Å². The Morgan fingerprint density at radius 1 is 0.500 bits per heavy atom. The molecule has 0 aromatic carbocycles. The van der Waals surface area contributed by atoms with E-state index in [2.05, 4.69) is 57.1 Å². The molecule has 0 fully saturated rings. The fraction of sp³-hybridized carbons (Fsp3) is 0.879. The first kappa shape index (κ1) is 35.6. The summed E-state index contributed by atoms with van der Waals surface area (Å²) in [4.78, 5) is 2.41. The van der Waals surface area contributed by atoms with Gasteiger partial charge in [0.2, 0.25) is 0 Å². The molecule has 1 atom stereocenters. The Morgan fingerprint density at radius 3 is 1.35 bits per heavy atom. The van der Waals surface area contributed by atoms with Crippen LogP contribution in [0.3, 0.4) is 0 Å². The van der Waals surface area contributed by atoms with E-state index >= 15 is 0 Å². The minimum absolute atomic E-state index is 0. The molecule has 0 bridgehead atoms. The molecule has 1 unspecified atom stereocenters. The number of nitrogens with zero attached hydrogens (tertiary/aromatic N) is 1. The summed E-state index contributed by atoms with van der Waals surface area (Å²) in [5, 5.41) is 0. The van der Waals surface area contributed by atoms with Crippen molar-refractivity contribution in [2.75, 3.05) is 20.6 Å². The highest BCUT2D eigenvalue weighted by Gasteiger charge is 2.09. The third-order valence-corrected chi connectivity index (χ3v) is 6.90. The lowest BCUT2D eigenvalue weighted by Gasteiger charge is -2.21. The van der Waals surface area contributed by atoms with Crippen molar-refractivity contribution in [3.8, 4) is 0 Å². The van der Waals surface area contributed by atoms with Crippen LogP contribution >= 0.6 is 0 Å². The first-order valence-electron chi connectivity index (χ1n) is 15.1. The van der Waals surface area contributed by atoms with Crippen molar-refractivity contribution in [3.05, 3.63) is 24.3 Å². The minimum Gasteiger partial charge on any atom is -0.309 e. The Balaban J connectivity index is 0. The van der Waals surface area contributed by atoms with E-state index in [1.807, 2.05) is 0 Å². The third kappa shape index (κ3) is 29.5. The second-order valence-electron chi connectivity index (χ2n) is 10.8. The van der Waals surface area contributed by atoms with Gasteiger partial charge in [0.25, 0.3) is 0 Å². The molecule has 0 N–H and O–H groups in total. The summed E-state index contributed by atoms with van der Waals surface area (Å²) in [7, 11) is 4.50. The van der Waals surface area contributed by atoms with E-state index < -0.39 is 0 Å². The van der Waals surface area contributed by atoms with Gasteiger partial charge in [0.15, 0.2) is 0 Å². The monoisotopic (exact) mass is 478 g/mol. The van der Waals surface area contributed by atoms with Crippen LogP contribution < -0.4 is 0 Å². The normalized spacial score (nSPS) is 12.7. The van der Waals surface area contributed by atoms with Crippen molar-refractivity contribution in [3.63, 3.8) is 0 Å². The summed E-state index contributed by atoms with van der Waals surface area (Å²) < 4.78 is 0. The first-order valence-corrected chi connectivity index (χ1v) is 15.1. The maximum atomic E-state index is 2.41. The summed E-state index contributed by atoms with van der Waals surface area (Å²) >= 11 is 0. The van der Waals surface area contributed by atoms with Gasteiger partial charge in [0, 0.05) is 6.54 Å². The molecule has 0 aliphatic heterocycles. The zero-order valence-corrected chi connectivity index (χ0v) is 23.6. The van der Waals surface area contributed by atoms with Crippen molar-refractivity contribution < 1.29 is 0 Å². The maximum absolute atomic E-state index is 2.41. The summed E-state index contributed by atoms with van der Waals surface area (Å²) in [6.45, 7) is 5.87. The lowest BCUT2D eigenvalue weighted by Crippen LogP contribution is -2.21. The molecule has 0 spiro atoms. The maximum Gasteiger partial charge on any atom is 0.000356 e. The molecule has 0 aliphatic carbocycles. The van der Waals surface area contributed by atoms with Gasteiger partial charge in [-0.15, -0.1) is 0 Å².